The Balaban J connectivity index is 1.82. The summed E-state index contributed by atoms with van der Waals surface area (Å²) in [5.41, 5.74) is 7.63. The Bertz CT molecular complexity index is 467. The van der Waals surface area contributed by atoms with E-state index in [0.29, 0.717) is 5.41 Å². The fraction of sp³-hybridized carbons (Fsp3) is 0.667. The number of benzene rings is 1. The molecule has 0 spiro atoms. The van der Waals surface area contributed by atoms with Crippen LogP contribution in [0.5, 0.6) is 5.75 Å². The molecule has 0 aliphatic carbocycles. The van der Waals surface area contributed by atoms with Crippen molar-refractivity contribution in [1.82, 2.24) is 4.90 Å². The van der Waals surface area contributed by atoms with Crippen LogP contribution in [0.3, 0.4) is 0 Å². The highest BCUT2D eigenvalue weighted by Crippen LogP contribution is 2.28. The largest absolute Gasteiger partial charge is 0.492 e. The second kappa shape index (κ2) is 6.37. The van der Waals surface area contributed by atoms with Gasteiger partial charge in [-0.3, -0.25) is 4.90 Å². The molecule has 0 aromatic heterocycles. The van der Waals surface area contributed by atoms with Crippen LogP contribution in [-0.4, -0.2) is 37.7 Å². The van der Waals surface area contributed by atoms with E-state index in [1.165, 1.54) is 12.0 Å². The molecule has 1 atom stereocenters. The molecule has 3 nitrogen and oxygen atoms in total. The lowest BCUT2D eigenvalue weighted by Crippen LogP contribution is -2.33. The molecule has 2 N–H and O–H groups in total. The fourth-order valence-electron chi connectivity index (χ4n) is 2.83. The lowest BCUT2D eigenvalue weighted by atomic mass is 9.87. The molecule has 1 aromatic carbocycles. The Morgan fingerprint density at radius 1 is 1.33 bits per heavy atom. The van der Waals surface area contributed by atoms with E-state index in [2.05, 4.69) is 50.8 Å². The molecule has 0 amide bonds. The van der Waals surface area contributed by atoms with Crippen LogP contribution in [0.2, 0.25) is 0 Å². The average molecular weight is 290 g/mol. The summed E-state index contributed by atoms with van der Waals surface area (Å²) in [4.78, 5) is 2.46. The van der Waals surface area contributed by atoms with Crippen LogP contribution < -0.4 is 10.5 Å². The van der Waals surface area contributed by atoms with Gasteiger partial charge in [0.05, 0.1) is 0 Å². The van der Waals surface area contributed by atoms with Crippen molar-refractivity contribution in [2.24, 2.45) is 11.1 Å². The first kappa shape index (κ1) is 16.3. The molecule has 0 radical (unpaired) electrons. The van der Waals surface area contributed by atoms with Crippen molar-refractivity contribution in [1.29, 1.82) is 0 Å². The minimum atomic E-state index is 0.164. The highest BCUT2D eigenvalue weighted by Gasteiger charge is 2.31. The maximum absolute atomic E-state index is 5.93. The molecule has 0 saturated carbocycles. The van der Waals surface area contributed by atoms with Crippen molar-refractivity contribution in [2.45, 2.75) is 39.5 Å². The molecule has 1 aliphatic rings. The van der Waals surface area contributed by atoms with Gasteiger partial charge in [-0.25, -0.2) is 0 Å². The molecule has 0 bridgehead atoms. The highest BCUT2D eigenvalue weighted by atomic mass is 16.5. The minimum Gasteiger partial charge on any atom is -0.492 e. The number of nitrogens with zero attached hydrogens (tertiary/aromatic N) is 1. The van der Waals surface area contributed by atoms with E-state index in [4.69, 9.17) is 10.5 Å². The lowest BCUT2D eigenvalue weighted by molar-refractivity contribution is 0.219. The van der Waals surface area contributed by atoms with Gasteiger partial charge >= 0.3 is 0 Å². The van der Waals surface area contributed by atoms with Crippen molar-refractivity contribution >= 4 is 0 Å². The summed E-state index contributed by atoms with van der Waals surface area (Å²) in [6.07, 6.45) is 1.20. The topological polar surface area (TPSA) is 38.5 Å². The summed E-state index contributed by atoms with van der Waals surface area (Å²) in [5.74, 6) is 0.975. The molecule has 118 valence electrons. The fourth-order valence-corrected chi connectivity index (χ4v) is 2.83. The van der Waals surface area contributed by atoms with E-state index in [-0.39, 0.29) is 5.41 Å². The first-order chi connectivity index (χ1) is 9.82. The van der Waals surface area contributed by atoms with Gasteiger partial charge in [-0.2, -0.15) is 0 Å². The van der Waals surface area contributed by atoms with Gasteiger partial charge in [-0.1, -0.05) is 39.8 Å². The molecule has 1 saturated heterocycles. The highest BCUT2D eigenvalue weighted by molar-refractivity contribution is 5.32. The molecular weight excluding hydrogens is 260 g/mol. The van der Waals surface area contributed by atoms with E-state index < -0.39 is 0 Å². The Labute approximate surface area is 129 Å². The molecule has 2 rings (SSSR count). The number of nitrogens with two attached hydrogens (primary N) is 1. The van der Waals surface area contributed by atoms with Gasteiger partial charge in [0.2, 0.25) is 0 Å². The van der Waals surface area contributed by atoms with Gasteiger partial charge in [0, 0.05) is 13.1 Å². The molecule has 1 aliphatic heterocycles. The van der Waals surface area contributed by atoms with Crippen molar-refractivity contribution in [3.63, 3.8) is 0 Å². The zero-order chi connectivity index (χ0) is 15.5. The van der Waals surface area contributed by atoms with Crippen molar-refractivity contribution in [3.8, 4) is 5.75 Å². The van der Waals surface area contributed by atoms with Crippen molar-refractivity contribution < 1.29 is 4.74 Å². The molecule has 1 unspecified atom stereocenters. The summed E-state index contributed by atoms with van der Waals surface area (Å²) in [6, 6.07) is 8.45. The number of rotatable bonds is 5. The Morgan fingerprint density at radius 3 is 2.71 bits per heavy atom. The molecule has 1 fully saturated rings. The van der Waals surface area contributed by atoms with E-state index >= 15 is 0 Å². The SMILES string of the molecule is CC1(CN)CCN(CCOc2cccc(C(C)(C)C)c2)C1. The maximum Gasteiger partial charge on any atom is 0.119 e. The van der Waals surface area contributed by atoms with Gasteiger partial charge in [0.1, 0.15) is 12.4 Å². The maximum atomic E-state index is 5.93. The second-order valence-electron chi connectivity index (χ2n) is 7.67. The van der Waals surface area contributed by atoms with Crippen LogP contribution >= 0.6 is 0 Å². The van der Waals surface area contributed by atoms with E-state index in [0.717, 1.165) is 38.5 Å². The van der Waals surface area contributed by atoms with Gasteiger partial charge in [-0.15, -0.1) is 0 Å². The van der Waals surface area contributed by atoms with Crippen LogP contribution in [0, 0.1) is 5.41 Å². The molecule has 1 heterocycles. The quantitative estimate of drug-likeness (QED) is 0.906. The van der Waals surface area contributed by atoms with Gasteiger partial charge in [0.15, 0.2) is 0 Å². The van der Waals surface area contributed by atoms with Crippen LogP contribution in [0.4, 0.5) is 0 Å². The predicted octanol–water partition coefficient (Wildman–Crippen LogP) is 3.03. The third-order valence-electron chi connectivity index (χ3n) is 4.51. The lowest BCUT2D eigenvalue weighted by Gasteiger charge is -2.23. The minimum absolute atomic E-state index is 0.164. The summed E-state index contributed by atoms with van der Waals surface area (Å²) in [5, 5.41) is 0. The first-order valence-corrected chi connectivity index (χ1v) is 7.98. The molecule has 21 heavy (non-hydrogen) atoms. The smallest absolute Gasteiger partial charge is 0.119 e. The van der Waals surface area contributed by atoms with Crippen molar-refractivity contribution in [3.05, 3.63) is 29.8 Å². The molecular formula is C18H30N2O. The number of ether oxygens (including phenoxy) is 1. The van der Waals surface area contributed by atoms with E-state index in [1.54, 1.807) is 0 Å². The Hall–Kier alpha value is -1.06. The van der Waals surface area contributed by atoms with Crippen LogP contribution in [0.25, 0.3) is 0 Å². The summed E-state index contributed by atoms with van der Waals surface area (Å²) < 4.78 is 5.93. The number of hydrogen-bond acceptors (Lipinski definition) is 3. The zero-order valence-electron chi connectivity index (χ0n) is 14.0. The monoisotopic (exact) mass is 290 g/mol. The second-order valence-corrected chi connectivity index (χ2v) is 7.67. The third kappa shape index (κ3) is 4.45. The van der Waals surface area contributed by atoms with Crippen LogP contribution in [0.1, 0.15) is 39.7 Å². The summed E-state index contributed by atoms with van der Waals surface area (Å²) in [6.45, 7) is 13.7. The standard InChI is InChI=1S/C18H30N2O/c1-17(2,3)15-6-5-7-16(12-15)21-11-10-20-9-8-18(4,13-19)14-20/h5-7,12H,8-11,13-14,19H2,1-4H3. The molecule has 1 aromatic rings. The molecule has 3 heteroatoms. The van der Waals surface area contributed by atoms with Crippen LogP contribution in [-0.2, 0) is 5.41 Å². The zero-order valence-corrected chi connectivity index (χ0v) is 14.0. The predicted molar refractivity (Wildman–Crippen MR) is 88.9 cm³/mol. The number of likely N-dealkylation sites (tertiary alicyclic amines) is 1. The normalized spacial score (nSPS) is 23.5. The van der Waals surface area contributed by atoms with E-state index in [1.807, 2.05) is 6.07 Å². The van der Waals surface area contributed by atoms with E-state index in [9.17, 15) is 0 Å². The summed E-state index contributed by atoms with van der Waals surface area (Å²) >= 11 is 0. The van der Waals surface area contributed by atoms with Gasteiger partial charge in [-0.05, 0) is 48.0 Å². The van der Waals surface area contributed by atoms with Crippen molar-refractivity contribution in [2.75, 3.05) is 32.8 Å². The average Bonchev–Trinajstić information content (AvgIpc) is 2.81. The summed E-state index contributed by atoms with van der Waals surface area (Å²) in [7, 11) is 0. The van der Waals surface area contributed by atoms with Gasteiger partial charge < -0.3 is 10.5 Å². The number of hydrogen-bond donors (Lipinski definition) is 1. The Morgan fingerprint density at radius 2 is 2.10 bits per heavy atom. The van der Waals surface area contributed by atoms with Crippen LogP contribution in [0.15, 0.2) is 24.3 Å². The third-order valence-corrected chi connectivity index (χ3v) is 4.51. The first-order valence-electron chi connectivity index (χ1n) is 7.98. The van der Waals surface area contributed by atoms with Gasteiger partial charge in [0.25, 0.3) is 0 Å². The Kier molecular flexibility index (Phi) is 4.95.